The van der Waals surface area contributed by atoms with Crippen molar-refractivity contribution in [2.24, 2.45) is 0 Å². The van der Waals surface area contributed by atoms with E-state index in [9.17, 15) is 4.79 Å². The lowest BCUT2D eigenvalue weighted by molar-refractivity contribution is 0.0743. The van der Waals surface area contributed by atoms with Gasteiger partial charge in [0.15, 0.2) is 0 Å². The topological polar surface area (TPSA) is 52.2 Å². The van der Waals surface area contributed by atoms with Crippen LogP contribution >= 0.6 is 0 Å². The van der Waals surface area contributed by atoms with Crippen LogP contribution in [0.25, 0.3) is 0 Å². The molecule has 0 radical (unpaired) electrons. The lowest BCUT2D eigenvalue weighted by atomic mass is 10.1. The summed E-state index contributed by atoms with van der Waals surface area (Å²) in [6.07, 6.45) is 3.48. The van der Waals surface area contributed by atoms with Gasteiger partial charge in [0.25, 0.3) is 5.91 Å². The van der Waals surface area contributed by atoms with Crippen molar-refractivity contribution in [1.82, 2.24) is 20.0 Å². The molecular formula is C16H26N4O. The van der Waals surface area contributed by atoms with Crippen molar-refractivity contribution in [3.05, 3.63) is 17.5 Å². The third-order valence-electron chi connectivity index (χ3n) is 4.57. The molecule has 1 saturated carbocycles. The van der Waals surface area contributed by atoms with Crippen LogP contribution in [-0.2, 0) is 0 Å². The van der Waals surface area contributed by atoms with Crippen LogP contribution in [0.4, 0.5) is 0 Å². The summed E-state index contributed by atoms with van der Waals surface area (Å²) in [5.41, 5.74) is 1.88. The van der Waals surface area contributed by atoms with Crippen molar-refractivity contribution < 1.29 is 4.79 Å². The van der Waals surface area contributed by atoms with Crippen LogP contribution in [0.5, 0.6) is 0 Å². The number of aromatic amines is 1. The van der Waals surface area contributed by atoms with Gasteiger partial charge in [0.2, 0.25) is 0 Å². The Bertz CT molecular complexity index is 513. The molecule has 1 aliphatic carbocycles. The van der Waals surface area contributed by atoms with Gasteiger partial charge in [0.1, 0.15) is 5.69 Å². The summed E-state index contributed by atoms with van der Waals surface area (Å²) in [4.78, 5) is 17.0. The molecule has 5 heteroatoms. The molecule has 5 nitrogen and oxygen atoms in total. The molecule has 0 bridgehead atoms. The van der Waals surface area contributed by atoms with Gasteiger partial charge < -0.3 is 4.90 Å². The van der Waals surface area contributed by atoms with Crippen LogP contribution in [0.1, 0.15) is 62.1 Å². The highest BCUT2D eigenvalue weighted by atomic mass is 16.2. The highest BCUT2D eigenvalue weighted by molar-refractivity contribution is 5.92. The second-order valence-electron chi connectivity index (χ2n) is 7.29. The number of amides is 1. The molecule has 116 valence electrons. The summed E-state index contributed by atoms with van der Waals surface area (Å²) in [7, 11) is 0. The van der Waals surface area contributed by atoms with E-state index >= 15 is 0 Å². The molecule has 1 aromatic heterocycles. The summed E-state index contributed by atoms with van der Waals surface area (Å²) in [6.45, 7) is 10.3. The third kappa shape index (κ3) is 3.28. The number of carbonyl (C=O) groups is 1. The molecule has 0 spiro atoms. The minimum atomic E-state index is 0.0777. The monoisotopic (exact) mass is 290 g/mol. The van der Waals surface area contributed by atoms with Crippen molar-refractivity contribution in [3.63, 3.8) is 0 Å². The van der Waals surface area contributed by atoms with E-state index in [4.69, 9.17) is 0 Å². The van der Waals surface area contributed by atoms with Gasteiger partial charge in [-0.1, -0.05) is 0 Å². The summed E-state index contributed by atoms with van der Waals surface area (Å²) in [5.74, 6) is 0.688. The zero-order valence-corrected chi connectivity index (χ0v) is 13.4. The number of aromatic nitrogens is 2. The molecule has 1 saturated heterocycles. The molecule has 1 aromatic rings. The van der Waals surface area contributed by atoms with Crippen LogP contribution in [-0.4, -0.2) is 57.6 Å². The molecule has 2 aliphatic rings. The van der Waals surface area contributed by atoms with E-state index < -0.39 is 0 Å². The number of hydrogen-bond donors (Lipinski definition) is 1. The van der Waals surface area contributed by atoms with Crippen molar-refractivity contribution >= 4 is 5.91 Å². The fraction of sp³-hybridized carbons (Fsp3) is 0.750. The Morgan fingerprint density at radius 2 is 2.00 bits per heavy atom. The highest BCUT2D eigenvalue weighted by Gasteiger charge is 2.29. The van der Waals surface area contributed by atoms with Crippen molar-refractivity contribution in [2.75, 3.05) is 26.2 Å². The average molecular weight is 290 g/mol. The molecule has 1 N–H and O–H groups in total. The first kappa shape index (κ1) is 14.6. The van der Waals surface area contributed by atoms with Crippen molar-refractivity contribution in [1.29, 1.82) is 0 Å². The second kappa shape index (κ2) is 5.44. The maximum absolute atomic E-state index is 12.6. The number of nitrogens with one attached hydrogen (secondary N) is 1. The fourth-order valence-electron chi connectivity index (χ4n) is 3.00. The maximum Gasteiger partial charge on any atom is 0.274 e. The summed E-state index contributed by atoms with van der Waals surface area (Å²) in [6, 6.07) is 1.95. The molecule has 0 aromatic carbocycles. The number of H-pyrrole nitrogens is 1. The fourth-order valence-corrected chi connectivity index (χ4v) is 3.00. The minimum absolute atomic E-state index is 0.0777. The van der Waals surface area contributed by atoms with E-state index in [0.29, 0.717) is 11.6 Å². The Kier molecular flexibility index (Phi) is 3.78. The van der Waals surface area contributed by atoms with Gasteiger partial charge in [0, 0.05) is 43.3 Å². The molecule has 3 rings (SSSR count). The lowest BCUT2D eigenvalue weighted by Gasteiger charge is -2.34. The number of rotatable bonds is 2. The summed E-state index contributed by atoms with van der Waals surface area (Å²) in [5, 5.41) is 7.25. The Balaban J connectivity index is 1.64. The first-order chi connectivity index (χ1) is 9.95. The smallest absolute Gasteiger partial charge is 0.274 e. The van der Waals surface area contributed by atoms with Gasteiger partial charge in [-0.2, -0.15) is 5.10 Å². The highest BCUT2D eigenvalue weighted by Crippen LogP contribution is 2.39. The Hall–Kier alpha value is -1.36. The Morgan fingerprint density at radius 3 is 2.67 bits per heavy atom. The van der Waals surface area contributed by atoms with Crippen molar-refractivity contribution in [3.8, 4) is 0 Å². The number of carbonyl (C=O) groups excluding carboxylic acids is 1. The van der Waals surface area contributed by atoms with Crippen LogP contribution in [0.3, 0.4) is 0 Å². The largest absolute Gasteiger partial charge is 0.336 e. The van der Waals surface area contributed by atoms with Gasteiger partial charge >= 0.3 is 0 Å². The van der Waals surface area contributed by atoms with Crippen LogP contribution in [0.15, 0.2) is 6.07 Å². The van der Waals surface area contributed by atoms with E-state index in [0.717, 1.165) is 38.3 Å². The standard InChI is InChI=1S/C16H26N4O/c1-16(2,3)20-8-4-7-19(9-10-20)15(21)14-11-13(17-18-14)12-5-6-12/h11-12H,4-10H2,1-3H3,(H,17,18). The normalized spacial score (nSPS) is 21.4. The van der Waals surface area contributed by atoms with Crippen LogP contribution in [0.2, 0.25) is 0 Å². The van der Waals surface area contributed by atoms with Gasteiger partial charge in [0.05, 0.1) is 0 Å². The Morgan fingerprint density at radius 1 is 1.24 bits per heavy atom. The minimum Gasteiger partial charge on any atom is -0.336 e. The average Bonchev–Trinajstić information content (AvgIpc) is 3.20. The second-order valence-corrected chi connectivity index (χ2v) is 7.29. The summed E-state index contributed by atoms with van der Waals surface area (Å²) < 4.78 is 0. The molecule has 0 atom stereocenters. The zero-order chi connectivity index (χ0) is 15.0. The van der Waals surface area contributed by atoms with E-state index in [1.54, 1.807) is 0 Å². The van der Waals surface area contributed by atoms with Gasteiger partial charge in [-0.15, -0.1) is 0 Å². The number of hydrogen-bond acceptors (Lipinski definition) is 3. The predicted octanol–water partition coefficient (Wildman–Crippen LogP) is 2.23. The van der Waals surface area contributed by atoms with Gasteiger partial charge in [-0.25, -0.2) is 0 Å². The Labute approximate surface area is 126 Å². The van der Waals surface area contributed by atoms with Crippen LogP contribution in [0, 0.1) is 0 Å². The molecule has 2 fully saturated rings. The quantitative estimate of drug-likeness (QED) is 0.909. The molecular weight excluding hydrogens is 264 g/mol. The first-order valence-electron chi connectivity index (χ1n) is 8.05. The zero-order valence-electron chi connectivity index (χ0n) is 13.4. The SMILES string of the molecule is CC(C)(C)N1CCCN(C(=O)c2cc(C3CC3)[nH]n2)CC1. The molecule has 1 aliphatic heterocycles. The van der Waals surface area contributed by atoms with Gasteiger partial charge in [-0.05, 0) is 46.1 Å². The van der Waals surface area contributed by atoms with Crippen molar-refractivity contribution in [2.45, 2.75) is 51.5 Å². The predicted molar refractivity (Wildman–Crippen MR) is 82.4 cm³/mol. The van der Waals surface area contributed by atoms with E-state index in [-0.39, 0.29) is 11.4 Å². The molecule has 0 unspecified atom stereocenters. The lowest BCUT2D eigenvalue weighted by Crippen LogP contribution is -2.44. The van der Waals surface area contributed by atoms with Gasteiger partial charge in [-0.3, -0.25) is 14.8 Å². The van der Waals surface area contributed by atoms with E-state index in [1.807, 2.05) is 11.0 Å². The van der Waals surface area contributed by atoms with Crippen LogP contribution < -0.4 is 0 Å². The molecule has 21 heavy (non-hydrogen) atoms. The maximum atomic E-state index is 12.6. The first-order valence-corrected chi connectivity index (χ1v) is 8.05. The number of nitrogens with zero attached hydrogens (tertiary/aromatic N) is 3. The molecule has 1 amide bonds. The third-order valence-corrected chi connectivity index (χ3v) is 4.57. The van der Waals surface area contributed by atoms with E-state index in [1.165, 1.54) is 12.8 Å². The molecule has 2 heterocycles. The summed E-state index contributed by atoms with van der Waals surface area (Å²) >= 11 is 0. The van der Waals surface area contributed by atoms with E-state index in [2.05, 4.69) is 35.9 Å².